The first-order chi connectivity index (χ1) is 5.13. The number of hydrogen-bond acceptors (Lipinski definition) is 3. The fourth-order valence-electron chi connectivity index (χ4n) is 0.777. The Morgan fingerprint density at radius 2 is 2.18 bits per heavy atom. The van der Waals surface area contributed by atoms with Crippen molar-refractivity contribution in [3.05, 3.63) is 23.7 Å². The molecule has 0 bridgehead atoms. The minimum atomic E-state index is -0.722. The molecule has 0 unspecified atom stereocenters. The van der Waals surface area contributed by atoms with E-state index in [-0.39, 0.29) is 17.1 Å². The van der Waals surface area contributed by atoms with E-state index in [0.717, 1.165) is 0 Å². The molecule has 0 aliphatic heterocycles. The highest BCUT2D eigenvalue weighted by Crippen LogP contribution is 2.09. The zero-order chi connectivity index (χ0) is 8.43. The van der Waals surface area contributed by atoms with Gasteiger partial charge in [-0.25, -0.2) is 0 Å². The summed E-state index contributed by atoms with van der Waals surface area (Å²) in [5.41, 5.74) is 5.15. The van der Waals surface area contributed by atoms with Crippen LogP contribution < -0.4 is 5.73 Å². The quantitative estimate of drug-likeness (QED) is 0.631. The summed E-state index contributed by atoms with van der Waals surface area (Å²) in [5.74, 6) is -1.02. The van der Waals surface area contributed by atoms with Crippen LogP contribution in [-0.2, 0) is 0 Å². The van der Waals surface area contributed by atoms with E-state index >= 15 is 0 Å². The lowest BCUT2D eigenvalue weighted by Crippen LogP contribution is -2.13. The number of primary amides is 1. The van der Waals surface area contributed by atoms with Gasteiger partial charge in [0.05, 0.1) is 11.8 Å². The first kappa shape index (κ1) is 7.53. The van der Waals surface area contributed by atoms with Crippen molar-refractivity contribution in [2.24, 2.45) is 5.73 Å². The van der Waals surface area contributed by atoms with Crippen LogP contribution >= 0.6 is 0 Å². The molecule has 1 aromatic heterocycles. The maximum Gasteiger partial charge on any atom is 0.285 e. The number of nitrogens with two attached hydrogens (primary N) is 1. The van der Waals surface area contributed by atoms with E-state index in [4.69, 9.17) is 10.2 Å². The number of furan rings is 1. The third kappa shape index (κ3) is 1.29. The molecule has 0 fully saturated rings. The smallest absolute Gasteiger partial charge is 0.285 e. The van der Waals surface area contributed by atoms with Crippen molar-refractivity contribution in [1.29, 1.82) is 0 Å². The second kappa shape index (κ2) is 2.57. The van der Waals surface area contributed by atoms with Gasteiger partial charge in [-0.3, -0.25) is 9.59 Å². The Bertz CT molecular complexity index is 272. The predicted molar refractivity (Wildman–Crippen MR) is 37.2 cm³/mol. The lowest BCUT2D eigenvalue weighted by atomic mass is 10.2. The lowest BCUT2D eigenvalue weighted by Gasteiger charge is -1.90. The molecule has 11 heavy (non-hydrogen) atoms. The summed E-state index contributed by atoms with van der Waals surface area (Å²) in [7, 11) is 0. The molecule has 0 aliphatic carbocycles. The largest absolute Gasteiger partial charge is 0.458 e. The summed E-state index contributed by atoms with van der Waals surface area (Å²) in [6.07, 6.45) is 1.26. The topological polar surface area (TPSA) is 73.3 Å². The van der Waals surface area contributed by atoms with Crippen molar-refractivity contribution in [3.8, 4) is 0 Å². The predicted octanol–water partition coefficient (Wildman–Crippen LogP) is 0.581. The summed E-state index contributed by atoms with van der Waals surface area (Å²) < 4.78 is 4.69. The lowest BCUT2D eigenvalue weighted by molar-refractivity contribution is 0.0951. The maximum absolute atomic E-state index is 10.8. The molecule has 1 amide bonds. The van der Waals surface area contributed by atoms with Gasteiger partial charge in [-0.1, -0.05) is 0 Å². The van der Waals surface area contributed by atoms with E-state index in [1.807, 2.05) is 0 Å². The van der Waals surface area contributed by atoms with Gasteiger partial charge in [0.2, 0.25) is 5.76 Å². The van der Waals surface area contributed by atoms with Gasteiger partial charge in [-0.05, 0) is 13.0 Å². The maximum atomic E-state index is 10.8. The number of ketones is 1. The monoisotopic (exact) mass is 153 g/mol. The number of carbonyl (C=O) groups excluding carboxylic acids is 2. The zero-order valence-corrected chi connectivity index (χ0v) is 5.96. The van der Waals surface area contributed by atoms with Crippen LogP contribution in [0.2, 0.25) is 0 Å². The van der Waals surface area contributed by atoms with Crippen LogP contribution in [0.5, 0.6) is 0 Å². The minimum Gasteiger partial charge on any atom is -0.458 e. The molecule has 0 aromatic carbocycles. The Balaban J connectivity index is 3.16. The Kier molecular flexibility index (Phi) is 1.76. The van der Waals surface area contributed by atoms with E-state index in [2.05, 4.69) is 0 Å². The normalized spacial score (nSPS) is 9.55. The first-order valence-electron chi connectivity index (χ1n) is 3.01. The van der Waals surface area contributed by atoms with Gasteiger partial charge < -0.3 is 10.2 Å². The molecule has 4 heteroatoms. The van der Waals surface area contributed by atoms with Crippen molar-refractivity contribution in [2.75, 3.05) is 0 Å². The van der Waals surface area contributed by atoms with Crippen LogP contribution in [0.15, 0.2) is 16.7 Å². The number of amides is 1. The van der Waals surface area contributed by atoms with Crippen LogP contribution in [-0.4, -0.2) is 11.7 Å². The fourth-order valence-corrected chi connectivity index (χ4v) is 0.777. The molecule has 1 rings (SSSR count). The van der Waals surface area contributed by atoms with E-state index in [0.29, 0.717) is 0 Å². The molecule has 4 nitrogen and oxygen atoms in total. The van der Waals surface area contributed by atoms with E-state index in [1.165, 1.54) is 19.3 Å². The Morgan fingerprint density at radius 1 is 1.55 bits per heavy atom. The van der Waals surface area contributed by atoms with Crippen molar-refractivity contribution in [3.63, 3.8) is 0 Å². The molecular weight excluding hydrogens is 146 g/mol. The Labute approximate surface area is 63.0 Å². The Morgan fingerprint density at radius 3 is 2.55 bits per heavy atom. The van der Waals surface area contributed by atoms with E-state index in [1.54, 1.807) is 0 Å². The summed E-state index contributed by atoms with van der Waals surface area (Å²) in [4.78, 5) is 21.3. The minimum absolute atomic E-state index is 0.0718. The van der Waals surface area contributed by atoms with Crippen LogP contribution in [0.4, 0.5) is 0 Å². The molecule has 2 N–H and O–H groups in total. The van der Waals surface area contributed by atoms with Gasteiger partial charge in [-0.2, -0.15) is 0 Å². The molecule has 58 valence electrons. The van der Waals surface area contributed by atoms with Gasteiger partial charge in [0, 0.05) is 0 Å². The van der Waals surface area contributed by atoms with Crippen LogP contribution in [0.25, 0.3) is 0 Å². The summed E-state index contributed by atoms with van der Waals surface area (Å²) >= 11 is 0. The molecule has 0 saturated heterocycles. The van der Waals surface area contributed by atoms with Crippen molar-refractivity contribution >= 4 is 11.7 Å². The molecular formula is C7H7NO3. The highest BCUT2D eigenvalue weighted by molar-refractivity contribution is 6.04. The number of Topliss-reactive ketones (excluding diaryl/α,β-unsaturated/α-hetero) is 1. The van der Waals surface area contributed by atoms with Gasteiger partial charge in [0.15, 0.2) is 5.78 Å². The average Bonchev–Trinajstić information content (AvgIpc) is 2.32. The standard InChI is InChI=1S/C7H7NO3/c1-4(9)5-2-3-11-6(5)7(8)10/h2-3H,1H3,(H2,8,10). The number of carbonyl (C=O) groups is 2. The fraction of sp³-hybridized carbons (Fsp3) is 0.143. The van der Waals surface area contributed by atoms with Gasteiger partial charge in [0.1, 0.15) is 0 Å². The molecule has 0 spiro atoms. The third-order valence-corrected chi connectivity index (χ3v) is 1.27. The first-order valence-corrected chi connectivity index (χ1v) is 3.01. The van der Waals surface area contributed by atoms with E-state index in [9.17, 15) is 9.59 Å². The van der Waals surface area contributed by atoms with Crippen molar-refractivity contribution in [1.82, 2.24) is 0 Å². The molecule has 0 atom stereocenters. The second-order valence-corrected chi connectivity index (χ2v) is 2.08. The average molecular weight is 153 g/mol. The van der Waals surface area contributed by atoms with E-state index < -0.39 is 5.91 Å². The molecule has 0 radical (unpaired) electrons. The molecule has 0 saturated carbocycles. The summed E-state index contributed by atoms with van der Waals surface area (Å²) in [5, 5.41) is 0. The van der Waals surface area contributed by atoms with Crippen molar-refractivity contribution in [2.45, 2.75) is 6.92 Å². The number of rotatable bonds is 2. The van der Waals surface area contributed by atoms with Crippen molar-refractivity contribution < 1.29 is 14.0 Å². The van der Waals surface area contributed by atoms with Gasteiger partial charge >= 0.3 is 0 Å². The molecule has 1 heterocycles. The van der Waals surface area contributed by atoms with Crippen LogP contribution in [0, 0.1) is 0 Å². The van der Waals surface area contributed by atoms with Gasteiger partial charge in [0.25, 0.3) is 5.91 Å². The second-order valence-electron chi connectivity index (χ2n) is 2.08. The number of hydrogen-bond donors (Lipinski definition) is 1. The summed E-state index contributed by atoms with van der Waals surface area (Å²) in [6, 6.07) is 1.42. The zero-order valence-electron chi connectivity index (χ0n) is 5.96. The highest BCUT2D eigenvalue weighted by atomic mass is 16.3. The highest BCUT2D eigenvalue weighted by Gasteiger charge is 2.14. The third-order valence-electron chi connectivity index (χ3n) is 1.27. The van der Waals surface area contributed by atoms with Gasteiger partial charge in [-0.15, -0.1) is 0 Å². The molecule has 1 aromatic rings. The molecule has 0 aliphatic rings. The summed E-state index contributed by atoms with van der Waals surface area (Å²) in [6.45, 7) is 1.34. The van der Waals surface area contributed by atoms with Crippen LogP contribution in [0.1, 0.15) is 27.8 Å². The van der Waals surface area contributed by atoms with Crippen LogP contribution in [0.3, 0.4) is 0 Å². The SMILES string of the molecule is CC(=O)c1ccoc1C(N)=O. The Hall–Kier alpha value is -1.58.